The Kier molecular flexibility index (Phi) is 4.52. The lowest BCUT2D eigenvalue weighted by molar-refractivity contribution is 0.0953. The van der Waals surface area contributed by atoms with E-state index in [4.69, 9.17) is 5.73 Å². The van der Waals surface area contributed by atoms with Gasteiger partial charge in [0.25, 0.3) is 5.91 Å². The molecule has 3 N–H and O–H groups in total. The van der Waals surface area contributed by atoms with E-state index in [2.05, 4.69) is 15.3 Å². The fraction of sp³-hybridized carbons (Fsp3) is 0.312. The van der Waals surface area contributed by atoms with Crippen LogP contribution in [0.2, 0.25) is 0 Å². The second-order valence-corrected chi connectivity index (χ2v) is 4.95. The van der Waals surface area contributed by atoms with Crippen LogP contribution in [-0.2, 0) is 6.42 Å². The SMILES string of the molecule is CCNC(=O)c1c(C)nc(N)nc1Cc1ccccc1C. The Labute approximate surface area is 124 Å². The van der Waals surface area contributed by atoms with Crippen LogP contribution in [0.1, 0.15) is 39.8 Å². The molecular formula is C16H20N4O. The maximum atomic E-state index is 12.2. The Morgan fingerprint density at radius 3 is 2.62 bits per heavy atom. The van der Waals surface area contributed by atoms with E-state index >= 15 is 0 Å². The predicted octanol–water partition coefficient (Wildman–Crippen LogP) is 2.02. The van der Waals surface area contributed by atoms with Crippen molar-refractivity contribution in [3.63, 3.8) is 0 Å². The molecule has 0 fully saturated rings. The van der Waals surface area contributed by atoms with E-state index in [9.17, 15) is 4.79 Å². The van der Waals surface area contributed by atoms with Gasteiger partial charge in [-0.15, -0.1) is 0 Å². The van der Waals surface area contributed by atoms with Crippen molar-refractivity contribution in [2.45, 2.75) is 27.2 Å². The number of benzene rings is 1. The standard InChI is InChI=1S/C16H20N4O/c1-4-18-15(21)14-11(3)19-16(17)20-13(14)9-12-8-6-5-7-10(12)2/h5-8H,4,9H2,1-3H3,(H,18,21)(H2,17,19,20). The van der Waals surface area contributed by atoms with Gasteiger partial charge in [-0.3, -0.25) is 4.79 Å². The molecule has 0 saturated carbocycles. The molecule has 1 aromatic heterocycles. The molecule has 2 aromatic rings. The van der Waals surface area contributed by atoms with Crippen molar-refractivity contribution in [2.75, 3.05) is 12.3 Å². The first-order valence-electron chi connectivity index (χ1n) is 6.98. The van der Waals surface area contributed by atoms with Crippen LogP contribution in [-0.4, -0.2) is 22.4 Å². The second-order valence-electron chi connectivity index (χ2n) is 4.95. The molecule has 0 atom stereocenters. The van der Waals surface area contributed by atoms with Crippen LogP contribution in [0.25, 0.3) is 0 Å². The normalized spacial score (nSPS) is 10.4. The maximum Gasteiger partial charge on any atom is 0.254 e. The van der Waals surface area contributed by atoms with E-state index in [0.717, 1.165) is 11.1 Å². The van der Waals surface area contributed by atoms with Crippen molar-refractivity contribution in [3.8, 4) is 0 Å². The molecule has 5 nitrogen and oxygen atoms in total. The highest BCUT2D eigenvalue weighted by Gasteiger charge is 2.18. The Morgan fingerprint density at radius 1 is 1.24 bits per heavy atom. The Morgan fingerprint density at radius 2 is 1.95 bits per heavy atom. The second kappa shape index (κ2) is 6.35. The average molecular weight is 284 g/mol. The summed E-state index contributed by atoms with van der Waals surface area (Å²) < 4.78 is 0. The number of hydrogen-bond donors (Lipinski definition) is 2. The minimum Gasteiger partial charge on any atom is -0.368 e. The molecule has 2 rings (SSSR count). The highest BCUT2D eigenvalue weighted by atomic mass is 16.1. The van der Waals surface area contributed by atoms with Gasteiger partial charge in [-0.05, 0) is 31.9 Å². The van der Waals surface area contributed by atoms with Crippen molar-refractivity contribution < 1.29 is 4.79 Å². The molecule has 0 spiro atoms. The average Bonchev–Trinajstić information content (AvgIpc) is 2.41. The van der Waals surface area contributed by atoms with Crippen molar-refractivity contribution in [1.82, 2.24) is 15.3 Å². The first-order valence-corrected chi connectivity index (χ1v) is 6.98. The highest BCUT2D eigenvalue weighted by Crippen LogP contribution is 2.18. The fourth-order valence-corrected chi connectivity index (χ4v) is 2.32. The largest absolute Gasteiger partial charge is 0.368 e. The summed E-state index contributed by atoms with van der Waals surface area (Å²) in [5.41, 5.74) is 9.82. The molecule has 5 heteroatoms. The van der Waals surface area contributed by atoms with Crippen molar-refractivity contribution in [1.29, 1.82) is 0 Å². The first kappa shape index (κ1) is 15.0. The number of nitrogens with two attached hydrogens (primary N) is 1. The van der Waals surface area contributed by atoms with Crippen LogP contribution < -0.4 is 11.1 Å². The quantitative estimate of drug-likeness (QED) is 0.900. The van der Waals surface area contributed by atoms with Gasteiger partial charge >= 0.3 is 0 Å². The number of nitrogen functional groups attached to an aromatic ring is 1. The topological polar surface area (TPSA) is 80.9 Å². The third-order valence-corrected chi connectivity index (χ3v) is 3.37. The molecule has 1 amide bonds. The summed E-state index contributed by atoms with van der Waals surface area (Å²) >= 11 is 0. The van der Waals surface area contributed by atoms with Crippen molar-refractivity contribution in [2.24, 2.45) is 0 Å². The molecule has 1 aromatic carbocycles. The number of amides is 1. The monoisotopic (exact) mass is 284 g/mol. The zero-order valence-electron chi connectivity index (χ0n) is 12.6. The number of hydrogen-bond acceptors (Lipinski definition) is 4. The maximum absolute atomic E-state index is 12.2. The summed E-state index contributed by atoms with van der Waals surface area (Å²) in [5, 5.41) is 2.80. The van der Waals surface area contributed by atoms with E-state index in [-0.39, 0.29) is 11.9 Å². The molecule has 21 heavy (non-hydrogen) atoms. The molecule has 0 bridgehead atoms. The minimum atomic E-state index is -0.154. The van der Waals surface area contributed by atoms with Gasteiger partial charge in [0, 0.05) is 13.0 Å². The van der Waals surface area contributed by atoms with Gasteiger partial charge in [0.2, 0.25) is 5.95 Å². The predicted molar refractivity (Wildman–Crippen MR) is 83.2 cm³/mol. The molecule has 110 valence electrons. The Balaban J connectivity index is 2.47. The van der Waals surface area contributed by atoms with Crippen molar-refractivity contribution in [3.05, 3.63) is 52.3 Å². The van der Waals surface area contributed by atoms with Gasteiger partial charge in [0.1, 0.15) is 0 Å². The molecule has 0 radical (unpaired) electrons. The van der Waals surface area contributed by atoms with Gasteiger partial charge in [-0.1, -0.05) is 24.3 Å². The number of rotatable bonds is 4. The van der Waals surface area contributed by atoms with E-state index in [0.29, 0.717) is 29.9 Å². The highest BCUT2D eigenvalue weighted by molar-refractivity contribution is 5.96. The lowest BCUT2D eigenvalue weighted by atomic mass is 10.00. The van der Waals surface area contributed by atoms with Crippen molar-refractivity contribution >= 4 is 11.9 Å². The third kappa shape index (κ3) is 3.37. The molecule has 0 saturated heterocycles. The van der Waals surface area contributed by atoms with Gasteiger partial charge in [-0.2, -0.15) is 0 Å². The summed E-state index contributed by atoms with van der Waals surface area (Å²) in [5.74, 6) is 0.0442. The summed E-state index contributed by atoms with van der Waals surface area (Å²) in [4.78, 5) is 20.6. The number of carbonyl (C=O) groups is 1. The lowest BCUT2D eigenvalue weighted by Crippen LogP contribution is -2.26. The van der Waals surface area contributed by atoms with E-state index in [1.165, 1.54) is 0 Å². The molecular weight excluding hydrogens is 264 g/mol. The van der Waals surface area contributed by atoms with Crippen LogP contribution in [0.4, 0.5) is 5.95 Å². The van der Waals surface area contributed by atoms with Crippen LogP contribution >= 0.6 is 0 Å². The van der Waals surface area contributed by atoms with Crippen LogP contribution in [0, 0.1) is 13.8 Å². The number of aromatic nitrogens is 2. The number of carbonyl (C=O) groups excluding carboxylic acids is 1. The molecule has 0 unspecified atom stereocenters. The van der Waals surface area contributed by atoms with Gasteiger partial charge in [0.05, 0.1) is 17.0 Å². The van der Waals surface area contributed by atoms with E-state index in [1.807, 2.05) is 38.1 Å². The summed E-state index contributed by atoms with van der Waals surface area (Å²) in [6.07, 6.45) is 0.562. The number of nitrogens with one attached hydrogen (secondary N) is 1. The Hall–Kier alpha value is -2.43. The Bertz CT molecular complexity index is 667. The van der Waals surface area contributed by atoms with E-state index in [1.54, 1.807) is 6.92 Å². The van der Waals surface area contributed by atoms with Crippen LogP contribution in [0.5, 0.6) is 0 Å². The number of aryl methyl sites for hydroxylation is 2. The van der Waals surface area contributed by atoms with E-state index < -0.39 is 0 Å². The lowest BCUT2D eigenvalue weighted by Gasteiger charge is -2.13. The summed E-state index contributed by atoms with van der Waals surface area (Å²) in [6.45, 7) is 6.27. The smallest absolute Gasteiger partial charge is 0.254 e. The molecule has 1 heterocycles. The molecule has 0 aliphatic heterocycles. The number of nitrogens with zero attached hydrogens (tertiary/aromatic N) is 2. The zero-order valence-corrected chi connectivity index (χ0v) is 12.6. The van der Waals surface area contributed by atoms with Gasteiger partial charge < -0.3 is 11.1 Å². The van der Waals surface area contributed by atoms with Gasteiger partial charge in [0.15, 0.2) is 0 Å². The van der Waals surface area contributed by atoms with Gasteiger partial charge in [-0.25, -0.2) is 9.97 Å². The first-order chi connectivity index (χ1) is 10.0. The number of anilines is 1. The summed E-state index contributed by atoms with van der Waals surface area (Å²) in [7, 11) is 0. The minimum absolute atomic E-state index is 0.154. The molecule has 0 aliphatic carbocycles. The molecule has 0 aliphatic rings. The fourth-order valence-electron chi connectivity index (χ4n) is 2.32. The zero-order chi connectivity index (χ0) is 15.4. The van der Waals surface area contributed by atoms with Crippen LogP contribution in [0.3, 0.4) is 0 Å². The van der Waals surface area contributed by atoms with Crippen LogP contribution in [0.15, 0.2) is 24.3 Å². The summed E-state index contributed by atoms with van der Waals surface area (Å²) in [6, 6.07) is 8.04. The third-order valence-electron chi connectivity index (χ3n) is 3.37.